The van der Waals surface area contributed by atoms with Gasteiger partial charge in [0.2, 0.25) is 0 Å². The van der Waals surface area contributed by atoms with Gasteiger partial charge in [0.1, 0.15) is 12.0 Å². The first-order chi connectivity index (χ1) is 8.95. The van der Waals surface area contributed by atoms with E-state index < -0.39 is 10.8 Å². The molecule has 104 valence electrons. The molecule has 1 atom stereocenters. The van der Waals surface area contributed by atoms with Crippen LogP contribution in [0.4, 0.5) is 11.5 Å². The number of hydrogen-bond donors (Lipinski definition) is 2. The summed E-state index contributed by atoms with van der Waals surface area (Å²) in [6.07, 6.45) is 0.858. The van der Waals surface area contributed by atoms with Crippen LogP contribution < -0.4 is 11.1 Å². The number of hydrogen-bond acceptors (Lipinski definition) is 6. The molecule has 1 amide bonds. The highest BCUT2D eigenvalue weighted by Gasteiger charge is 2.16. The summed E-state index contributed by atoms with van der Waals surface area (Å²) >= 11 is 0. The number of nitro groups is 1. The fraction of sp³-hybridized carbons (Fsp3) is 0.455. The number of carbonyl (C=O) groups is 1. The minimum absolute atomic E-state index is 0.0158. The van der Waals surface area contributed by atoms with Crippen molar-refractivity contribution in [1.29, 1.82) is 0 Å². The highest BCUT2D eigenvalue weighted by Crippen LogP contribution is 2.16. The molecule has 0 saturated heterocycles. The van der Waals surface area contributed by atoms with Gasteiger partial charge in [0.05, 0.1) is 16.6 Å². The molecule has 0 aromatic carbocycles. The van der Waals surface area contributed by atoms with Gasteiger partial charge in [-0.05, 0) is 13.8 Å². The van der Waals surface area contributed by atoms with Crippen LogP contribution in [0.2, 0.25) is 0 Å². The van der Waals surface area contributed by atoms with Crippen molar-refractivity contribution in [3.05, 3.63) is 27.9 Å². The number of aromatic nitrogens is 1. The minimum Gasteiger partial charge on any atom is -0.383 e. The molecule has 0 radical (unpaired) electrons. The lowest BCUT2D eigenvalue weighted by Crippen LogP contribution is -2.32. The van der Waals surface area contributed by atoms with Gasteiger partial charge in [0.25, 0.3) is 11.6 Å². The van der Waals surface area contributed by atoms with Crippen LogP contribution in [0.25, 0.3) is 0 Å². The Labute approximate surface area is 110 Å². The van der Waals surface area contributed by atoms with Crippen molar-refractivity contribution < 1.29 is 14.5 Å². The second kappa shape index (κ2) is 6.64. The zero-order valence-corrected chi connectivity index (χ0v) is 10.8. The van der Waals surface area contributed by atoms with E-state index in [1.165, 1.54) is 0 Å². The Morgan fingerprint density at radius 3 is 2.95 bits per heavy atom. The quantitative estimate of drug-likeness (QED) is 0.579. The summed E-state index contributed by atoms with van der Waals surface area (Å²) in [4.78, 5) is 25.4. The van der Waals surface area contributed by atoms with E-state index in [1.54, 1.807) is 6.92 Å². The molecule has 1 heterocycles. The molecule has 0 aliphatic rings. The summed E-state index contributed by atoms with van der Waals surface area (Å²) in [5.74, 6) is -0.563. The standard InChI is InChI=1S/C11H16N4O4/c1-3-19-7(2)5-14-11(16)9-4-8(15(17)18)6-13-10(9)12/h4,6-7H,3,5H2,1-2H3,(H2,12,13)(H,14,16). The molecule has 1 aromatic heterocycles. The number of nitrogen functional groups attached to an aromatic ring is 1. The maximum atomic E-state index is 11.8. The number of anilines is 1. The monoisotopic (exact) mass is 268 g/mol. The Balaban J connectivity index is 2.76. The average Bonchev–Trinajstić information content (AvgIpc) is 2.36. The van der Waals surface area contributed by atoms with Gasteiger partial charge < -0.3 is 15.8 Å². The molecule has 0 aliphatic heterocycles. The summed E-state index contributed by atoms with van der Waals surface area (Å²) < 4.78 is 5.25. The van der Waals surface area contributed by atoms with Crippen LogP contribution >= 0.6 is 0 Å². The highest BCUT2D eigenvalue weighted by molar-refractivity contribution is 5.98. The van der Waals surface area contributed by atoms with E-state index in [0.717, 1.165) is 12.3 Å². The van der Waals surface area contributed by atoms with Gasteiger partial charge in [-0.3, -0.25) is 14.9 Å². The lowest BCUT2D eigenvalue weighted by Gasteiger charge is -2.12. The number of carbonyl (C=O) groups excluding carboxylic acids is 1. The molecule has 8 nitrogen and oxygen atoms in total. The fourth-order valence-electron chi connectivity index (χ4n) is 1.42. The van der Waals surface area contributed by atoms with Crippen molar-refractivity contribution in [2.75, 3.05) is 18.9 Å². The van der Waals surface area contributed by atoms with Crippen LogP contribution in [0.1, 0.15) is 24.2 Å². The third-order valence-corrected chi connectivity index (χ3v) is 2.36. The smallest absolute Gasteiger partial charge is 0.288 e. The van der Waals surface area contributed by atoms with E-state index >= 15 is 0 Å². The molecule has 1 aromatic rings. The van der Waals surface area contributed by atoms with Crippen molar-refractivity contribution in [3.8, 4) is 0 Å². The Bertz CT molecular complexity index is 478. The Kier molecular flexibility index (Phi) is 5.19. The van der Waals surface area contributed by atoms with Crippen LogP contribution in [0, 0.1) is 10.1 Å². The SMILES string of the molecule is CCOC(C)CNC(=O)c1cc([N+](=O)[O-])cnc1N. The number of rotatable bonds is 6. The van der Waals surface area contributed by atoms with Crippen LogP contribution in [0.15, 0.2) is 12.3 Å². The van der Waals surface area contributed by atoms with E-state index in [4.69, 9.17) is 10.5 Å². The van der Waals surface area contributed by atoms with Gasteiger partial charge in [-0.15, -0.1) is 0 Å². The topological polar surface area (TPSA) is 120 Å². The predicted octanol–water partition coefficient (Wildman–Crippen LogP) is 0.727. The maximum absolute atomic E-state index is 11.8. The van der Waals surface area contributed by atoms with Gasteiger partial charge in [-0.1, -0.05) is 0 Å². The molecule has 0 spiro atoms. The number of nitrogens with two attached hydrogens (primary N) is 1. The zero-order valence-electron chi connectivity index (χ0n) is 10.8. The van der Waals surface area contributed by atoms with Gasteiger partial charge in [0.15, 0.2) is 0 Å². The van der Waals surface area contributed by atoms with Gasteiger partial charge >= 0.3 is 0 Å². The minimum atomic E-state index is -0.633. The van der Waals surface area contributed by atoms with Crippen molar-refractivity contribution >= 4 is 17.4 Å². The molecule has 0 bridgehead atoms. The first-order valence-electron chi connectivity index (χ1n) is 5.75. The highest BCUT2D eigenvalue weighted by atomic mass is 16.6. The summed E-state index contributed by atoms with van der Waals surface area (Å²) in [6.45, 7) is 4.48. The third-order valence-electron chi connectivity index (χ3n) is 2.36. The lowest BCUT2D eigenvalue weighted by molar-refractivity contribution is -0.385. The first kappa shape index (κ1) is 14.8. The first-order valence-corrected chi connectivity index (χ1v) is 5.75. The van der Waals surface area contributed by atoms with E-state index in [9.17, 15) is 14.9 Å². The number of ether oxygens (including phenoxy) is 1. The number of pyridine rings is 1. The van der Waals surface area contributed by atoms with Crippen molar-refractivity contribution in [2.24, 2.45) is 0 Å². The molecule has 19 heavy (non-hydrogen) atoms. The Hall–Kier alpha value is -2.22. The average molecular weight is 268 g/mol. The molecular weight excluding hydrogens is 252 g/mol. The van der Waals surface area contributed by atoms with E-state index in [0.29, 0.717) is 6.61 Å². The van der Waals surface area contributed by atoms with Gasteiger partial charge in [-0.25, -0.2) is 4.98 Å². The molecule has 0 fully saturated rings. The summed E-state index contributed by atoms with van der Waals surface area (Å²) in [7, 11) is 0. The summed E-state index contributed by atoms with van der Waals surface area (Å²) in [6, 6.07) is 1.10. The van der Waals surface area contributed by atoms with Crippen molar-refractivity contribution in [2.45, 2.75) is 20.0 Å². The molecule has 0 saturated carbocycles. The van der Waals surface area contributed by atoms with E-state index in [2.05, 4.69) is 10.3 Å². The number of nitrogens with one attached hydrogen (secondary N) is 1. The Morgan fingerprint density at radius 2 is 2.37 bits per heavy atom. The summed E-state index contributed by atoms with van der Waals surface area (Å²) in [5, 5.41) is 13.2. The normalized spacial score (nSPS) is 11.9. The van der Waals surface area contributed by atoms with E-state index in [-0.39, 0.29) is 29.7 Å². The second-order valence-corrected chi connectivity index (χ2v) is 3.86. The second-order valence-electron chi connectivity index (χ2n) is 3.86. The van der Waals surface area contributed by atoms with Crippen LogP contribution in [-0.4, -0.2) is 35.1 Å². The Morgan fingerprint density at radius 1 is 1.68 bits per heavy atom. The van der Waals surface area contributed by atoms with E-state index in [1.807, 2.05) is 6.92 Å². The zero-order chi connectivity index (χ0) is 14.4. The third kappa shape index (κ3) is 4.18. The lowest BCUT2D eigenvalue weighted by atomic mass is 10.2. The van der Waals surface area contributed by atoms with Crippen LogP contribution in [-0.2, 0) is 4.74 Å². The molecule has 3 N–H and O–H groups in total. The molecule has 0 aliphatic carbocycles. The fourth-order valence-corrected chi connectivity index (χ4v) is 1.42. The predicted molar refractivity (Wildman–Crippen MR) is 68.7 cm³/mol. The van der Waals surface area contributed by atoms with Gasteiger partial charge in [0, 0.05) is 19.2 Å². The van der Waals surface area contributed by atoms with Crippen molar-refractivity contribution in [3.63, 3.8) is 0 Å². The summed E-state index contributed by atoms with van der Waals surface area (Å²) in [5.41, 5.74) is 5.23. The van der Waals surface area contributed by atoms with Crippen molar-refractivity contribution in [1.82, 2.24) is 10.3 Å². The largest absolute Gasteiger partial charge is 0.383 e. The number of amides is 1. The van der Waals surface area contributed by atoms with Gasteiger partial charge in [-0.2, -0.15) is 0 Å². The number of nitrogens with zero attached hydrogens (tertiary/aromatic N) is 2. The molecule has 1 unspecified atom stereocenters. The van der Waals surface area contributed by atoms with Crippen LogP contribution in [0.3, 0.4) is 0 Å². The maximum Gasteiger partial charge on any atom is 0.288 e. The molecular formula is C11H16N4O4. The van der Waals surface area contributed by atoms with Crippen LogP contribution in [0.5, 0.6) is 0 Å². The molecule has 1 rings (SSSR count). The molecule has 8 heteroatoms.